The Balaban J connectivity index is 1.57. The van der Waals surface area contributed by atoms with E-state index in [1.165, 1.54) is 25.0 Å². The molecule has 6 heteroatoms. The van der Waals surface area contributed by atoms with Crippen LogP contribution in [0.25, 0.3) is 0 Å². The van der Waals surface area contributed by atoms with Gasteiger partial charge in [0.2, 0.25) is 5.91 Å². The van der Waals surface area contributed by atoms with E-state index in [2.05, 4.69) is 26.1 Å². The van der Waals surface area contributed by atoms with Crippen LogP contribution in [0.15, 0.2) is 12.3 Å². The van der Waals surface area contributed by atoms with Crippen LogP contribution in [0.1, 0.15) is 31.4 Å². The Morgan fingerprint density at radius 3 is 3.05 bits per heavy atom. The predicted octanol–water partition coefficient (Wildman–Crippen LogP) is 1.02. The summed E-state index contributed by atoms with van der Waals surface area (Å²) in [5.74, 6) is 0.497. The highest BCUT2D eigenvalue weighted by atomic mass is 16.5. The molecule has 1 fully saturated rings. The van der Waals surface area contributed by atoms with E-state index in [-0.39, 0.29) is 12.5 Å². The maximum Gasteiger partial charge on any atom is 0.245 e. The van der Waals surface area contributed by atoms with Gasteiger partial charge in [0.15, 0.2) is 0 Å². The molecule has 1 atom stereocenters. The number of ether oxygens (including phenoxy) is 1. The summed E-state index contributed by atoms with van der Waals surface area (Å²) in [6, 6.07) is 2.88. The number of fused-ring (bicyclic) bond motifs is 1. The zero-order valence-corrected chi connectivity index (χ0v) is 13.3. The number of hydrogen-bond acceptors (Lipinski definition) is 4. The van der Waals surface area contributed by atoms with Crippen molar-refractivity contribution in [2.24, 2.45) is 5.92 Å². The van der Waals surface area contributed by atoms with Gasteiger partial charge in [0.1, 0.15) is 6.61 Å². The molecule has 122 valence electrons. The number of aromatic nitrogens is 2. The molecule has 2 heterocycles. The number of carbonyl (C=O) groups is 1. The van der Waals surface area contributed by atoms with E-state index in [1.807, 2.05) is 6.20 Å². The highest BCUT2D eigenvalue weighted by Crippen LogP contribution is 2.29. The zero-order valence-electron chi connectivity index (χ0n) is 13.3. The lowest BCUT2D eigenvalue weighted by molar-refractivity contribution is -0.124. The third kappa shape index (κ3) is 3.67. The molecule has 6 nitrogen and oxygen atoms in total. The molecule has 1 aliphatic heterocycles. The number of nitrogens with zero attached hydrogens (tertiary/aromatic N) is 3. The van der Waals surface area contributed by atoms with Crippen LogP contribution in [-0.2, 0) is 22.6 Å². The van der Waals surface area contributed by atoms with Crippen LogP contribution in [0.3, 0.4) is 0 Å². The second kappa shape index (κ2) is 7.24. The summed E-state index contributed by atoms with van der Waals surface area (Å²) in [5, 5.41) is 7.39. The fourth-order valence-electron chi connectivity index (χ4n) is 3.38. The quantitative estimate of drug-likeness (QED) is 0.852. The average Bonchev–Trinajstić information content (AvgIpc) is 2.77. The predicted molar refractivity (Wildman–Crippen MR) is 83.3 cm³/mol. The third-order valence-corrected chi connectivity index (χ3v) is 4.83. The Bertz CT molecular complexity index is 498. The summed E-state index contributed by atoms with van der Waals surface area (Å²) in [6.45, 7) is 3.92. The number of hydrogen-bond donors (Lipinski definition) is 1. The molecule has 1 aromatic rings. The van der Waals surface area contributed by atoms with Crippen LogP contribution >= 0.6 is 0 Å². The normalized spacial score (nSPS) is 22.7. The SMILES string of the molecule is COCC(=O)NCC[C@@H]1CN(C2CCC2)Cc2ccnn2C1. The minimum absolute atomic E-state index is 0.0354. The highest BCUT2D eigenvalue weighted by molar-refractivity contribution is 5.77. The maximum atomic E-state index is 11.5. The molecule has 3 rings (SSSR count). The van der Waals surface area contributed by atoms with Crippen LogP contribution in [0, 0.1) is 5.92 Å². The van der Waals surface area contributed by atoms with Crippen molar-refractivity contribution in [3.05, 3.63) is 18.0 Å². The molecule has 0 radical (unpaired) electrons. The van der Waals surface area contributed by atoms with E-state index >= 15 is 0 Å². The molecule has 2 aliphatic rings. The van der Waals surface area contributed by atoms with E-state index in [9.17, 15) is 4.79 Å². The lowest BCUT2D eigenvalue weighted by Crippen LogP contribution is -2.42. The van der Waals surface area contributed by atoms with E-state index < -0.39 is 0 Å². The summed E-state index contributed by atoms with van der Waals surface area (Å²) >= 11 is 0. The van der Waals surface area contributed by atoms with E-state index in [0.717, 1.165) is 32.1 Å². The standard InChI is InChI=1S/C16H26N4O2/c1-22-12-16(21)17-7-5-13-9-19(14-3-2-4-14)11-15-6-8-18-20(15)10-13/h6,8,13-14H,2-5,7,9-12H2,1H3,(H,17,21)/t13-/m1/s1. The number of methoxy groups -OCH3 is 1. The summed E-state index contributed by atoms with van der Waals surface area (Å²) in [6.07, 6.45) is 6.89. The second-order valence-corrected chi connectivity index (χ2v) is 6.46. The molecule has 1 aliphatic carbocycles. The van der Waals surface area contributed by atoms with Gasteiger partial charge >= 0.3 is 0 Å². The number of rotatable bonds is 6. The van der Waals surface area contributed by atoms with E-state index in [0.29, 0.717) is 12.5 Å². The van der Waals surface area contributed by atoms with Gasteiger partial charge in [-0.15, -0.1) is 0 Å². The molecular weight excluding hydrogens is 280 g/mol. The van der Waals surface area contributed by atoms with Gasteiger partial charge in [-0.2, -0.15) is 5.10 Å². The molecule has 1 aromatic heterocycles. The molecule has 0 aromatic carbocycles. The Kier molecular flexibility index (Phi) is 5.10. The number of carbonyl (C=O) groups excluding carboxylic acids is 1. The molecule has 1 amide bonds. The maximum absolute atomic E-state index is 11.5. The van der Waals surface area contributed by atoms with Crippen molar-refractivity contribution in [3.63, 3.8) is 0 Å². The minimum atomic E-state index is -0.0354. The average molecular weight is 306 g/mol. The van der Waals surface area contributed by atoms with Gasteiger partial charge in [0.05, 0.1) is 5.69 Å². The van der Waals surface area contributed by atoms with Crippen LogP contribution in [0.4, 0.5) is 0 Å². The van der Waals surface area contributed by atoms with Crippen molar-refractivity contribution >= 4 is 5.91 Å². The first-order valence-electron chi connectivity index (χ1n) is 8.26. The molecule has 0 unspecified atom stereocenters. The highest BCUT2D eigenvalue weighted by Gasteiger charge is 2.30. The molecular formula is C16H26N4O2. The van der Waals surface area contributed by atoms with Crippen molar-refractivity contribution in [3.8, 4) is 0 Å². The fraction of sp³-hybridized carbons (Fsp3) is 0.750. The van der Waals surface area contributed by atoms with Gasteiger partial charge in [-0.25, -0.2) is 0 Å². The first-order valence-corrected chi connectivity index (χ1v) is 8.26. The molecule has 1 N–H and O–H groups in total. The summed E-state index contributed by atoms with van der Waals surface area (Å²) in [4.78, 5) is 14.1. The van der Waals surface area contributed by atoms with Gasteiger partial charge in [0, 0.05) is 45.5 Å². The largest absolute Gasteiger partial charge is 0.375 e. The van der Waals surface area contributed by atoms with Crippen molar-refractivity contribution in [1.82, 2.24) is 20.0 Å². The van der Waals surface area contributed by atoms with Gasteiger partial charge in [-0.3, -0.25) is 14.4 Å². The lowest BCUT2D eigenvalue weighted by atomic mass is 9.90. The van der Waals surface area contributed by atoms with E-state index in [1.54, 1.807) is 7.11 Å². The van der Waals surface area contributed by atoms with Crippen LogP contribution in [0.2, 0.25) is 0 Å². The number of nitrogens with one attached hydrogen (secondary N) is 1. The zero-order chi connectivity index (χ0) is 15.4. The Morgan fingerprint density at radius 1 is 1.45 bits per heavy atom. The van der Waals surface area contributed by atoms with Crippen LogP contribution in [0.5, 0.6) is 0 Å². The van der Waals surface area contributed by atoms with Gasteiger partial charge < -0.3 is 10.1 Å². The molecule has 1 saturated carbocycles. The summed E-state index contributed by atoms with van der Waals surface area (Å²) in [5.41, 5.74) is 1.32. The Morgan fingerprint density at radius 2 is 2.32 bits per heavy atom. The fourth-order valence-corrected chi connectivity index (χ4v) is 3.38. The van der Waals surface area contributed by atoms with Crippen molar-refractivity contribution in [2.75, 3.05) is 26.8 Å². The topological polar surface area (TPSA) is 59.4 Å². The van der Waals surface area contributed by atoms with Gasteiger partial charge in [-0.1, -0.05) is 6.42 Å². The molecule has 0 bridgehead atoms. The van der Waals surface area contributed by atoms with Crippen LogP contribution in [-0.4, -0.2) is 53.4 Å². The van der Waals surface area contributed by atoms with Crippen molar-refractivity contribution in [1.29, 1.82) is 0 Å². The number of amides is 1. The van der Waals surface area contributed by atoms with Gasteiger partial charge in [0.25, 0.3) is 0 Å². The second-order valence-electron chi connectivity index (χ2n) is 6.46. The lowest BCUT2D eigenvalue weighted by Gasteiger charge is -2.38. The van der Waals surface area contributed by atoms with Crippen molar-refractivity contribution in [2.45, 2.75) is 44.8 Å². The first kappa shape index (κ1) is 15.5. The van der Waals surface area contributed by atoms with Gasteiger partial charge in [-0.05, 0) is 31.2 Å². The summed E-state index contributed by atoms with van der Waals surface area (Å²) in [7, 11) is 1.54. The Hall–Kier alpha value is -1.40. The van der Waals surface area contributed by atoms with Crippen LogP contribution < -0.4 is 5.32 Å². The van der Waals surface area contributed by atoms with E-state index in [4.69, 9.17) is 4.74 Å². The van der Waals surface area contributed by atoms with Crippen molar-refractivity contribution < 1.29 is 9.53 Å². The first-order chi connectivity index (χ1) is 10.8. The summed E-state index contributed by atoms with van der Waals surface area (Å²) < 4.78 is 6.98. The molecule has 0 saturated heterocycles. The smallest absolute Gasteiger partial charge is 0.245 e. The monoisotopic (exact) mass is 306 g/mol. The Labute approximate surface area is 131 Å². The molecule has 22 heavy (non-hydrogen) atoms. The molecule has 0 spiro atoms. The third-order valence-electron chi connectivity index (χ3n) is 4.83. The minimum Gasteiger partial charge on any atom is -0.375 e.